The van der Waals surface area contributed by atoms with E-state index in [2.05, 4.69) is 5.32 Å². The van der Waals surface area contributed by atoms with Gasteiger partial charge in [-0.1, -0.05) is 12.1 Å². The van der Waals surface area contributed by atoms with E-state index >= 15 is 0 Å². The Bertz CT molecular complexity index is 818. The summed E-state index contributed by atoms with van der Waals surface area (Å²) in [6, 6.07) is 14.5. The molecule has 27 heavy (non-hydrogen) atoms. The molecule has 2 aliphatic rings. The molecule has 140 valence electrons. The van der Waals surface area contributed by atoms with Crippen LogP contribution in [0.15, 0.2) is 48.5 Å². The zero-order chi connectivity index (χ0) is 18.8. The smallest absolute Gasteiger partial charge is 0.253 e. The molecule has 2 N–H and O–H groups in total. The molecule has 1 aliphatic heterocycles. The zero-order valence-corrected chi connectivity index (χ0v) is 15.2. The Morgan fingerprint density at radius 3 is 2.11 bits per heavy atom. The van der Waals surface area contributed by atoms with Crippen LogP contribution in [-0.4, -0.2) is 34.9 Å². The highest BCUT2D eigenvalue weighted by atomic mass is 16.3. The summed E-state index contributed by atoms with van der Waals surface area (Å²) in [4.78, 5) is 26.4. The van der Waals surface area contributed by atoms with E-state index in [4.69, 9.17) is 0 Å². The number of hydrogen-bond acceptors (Lipinski definition) is 3. The molecule has 2 aromatic carbocycles. The van der Waals surface area contributed by atoms with Crippen molar-refractivity contribution in [2.75, 3.05) is 18.4 Å². The van der Waals surface area contributed by atoms with Gasteiger partial charge in [0.15, 0.2) is 0 Å². The Balaban J connectivity index is 1.33. The molecule has 1 heterocycles. The third kappa shape index (κ3) is 4.13. The van der Waals surface area contributed by atoms with Gasteiger partial charge in [-0.2, -0.15) is 0 Å². The number of phenolic OH excluding ortho intramolecular Hbond substituents is 1. The van der Waals surface area contributed by atoms with Crippen molar-refractivity contribution in [2.45, 2.75) is 31.6 Å². The van der Waals surface area contributed by atoms with E-state index in [1.807, 2.05) is 17.0 Å². The van der Waals surface area contributed by atoms with Crippen LogP contribution in [0.4, 0.5) is 5.69 Å². The molecule has 5 nitrogen and oxygen atoms in total. The second-order valence-corrected chi connectivity index (χ2v) is 7.50. The van der Waals surface area contributed by atoms with Crippen molar-refractivity contribution in [1.82, 2.24) is 4.90 Å². The average molecular weight is 364 g/mol. The van der Waals surface area contributed by atoms with Gasteiger partial charge in [0, 0.05) is 30.3 Å². The van der Waals surface area contributed by atoms with Gasteiger partial charge >= 0.3 is 0 Å². The van der Waals surface area contributed by atoms with Crippen LogP contribution in [0, 0.1) is 5.92 Å². The summed E-state index contributed by atoms with van der Waals surface area (Å²) < 4.78 is 0. The van der Waals surface area contributed by atoms with E-state index in [0.717, 1.165) is 44.5 Å². The van der Waals surface area contributed by atoms with E-state index in [1.54, 1.807) is 36.4 Å². The number of amides is 2. The molecule has 5 heteroatoms. The number of benzene rings is 2. The van der Waals surface area contributed by atoms with Crippen molar-refractivity contribution in [3.05, 3.63) is 59.7 Å². The Hall–Kier alpha value is -2.82. The van der Waals surface area contributed by atoms with Crippen LogP contribution in [0.3, 0.4) is 0 Å². The fraction of sp³-hybridized carbons (Fsp3) is 0.364. The maximum atomic E-state index is 12.7. The highest BCUT2D eigenvalue weighted by Gasteiger charge is 2.29. The number of carbonyl (C=O) groups is 2. The normalized spacial score (nSPS) is 17.6. The van der Waals surface area contributed by atoms with Crippen LogP contribution in [0.25, 0.3) is 0 Å². The second kappa shape index (κ2) is 7.43. The van der Waals surface area contributed by atoms with Gasteiger partial charge in [-0.25, -0.2) is 0 Å². The molecule has 1 aliphatic carbocycles. The van der Waals surface area contributed by atoms with Crippen LogP contribution >= 0.6 is 0 Å². The lowest BCUT2D eigenvalue weighted by molar-refractivity contribution is -0.117. The Kier molecular flexibility index (Phi) is 4.84. The first kappa shape index (κ1) is 17.6. The number of rotatable bonds is 4. The molecule has 2 amide bonds. The molecule has 0 unspecified atom stereocenters. The molecule has 4 rings (SSSR count). The minimum absolute atomic E-state index is 0.0409. The number of hydrogen-bond donors (Lipinski definition) is 2. The number of aromatic hydroxyl groups is 1. The Morgan fingerprint density at radius 2 is 1.52 bits per heavy atom. The first-order chi connectivity index (χ1) is 13.1. The second-order valence-electron chi connectivity index (χ2n) is 7.50. The Morgan fingerprint density at radius 1 is 0.889 bits per heavy atom. The third-order valence-electron chi connectivity index (χ3n) is 5.49. The highest BCUT2D eigenvalue weighted by Crippen LogP contribution is 2.31. The van der Waals surface area contributed by atoms with Crippen LogP contribution in [0.1, 0.15) is 47.5 Å². The van der Waals surface area contributed by atoms with E-state index < -0.39 is 0 Å². The monoisotopic (exact) mass is 364 g/mol. The maximum absolute atomic E-state index is 12.7. The molecule has 2 aromatic rings. The van der Waals surface area contributed by atoms with Gasteiger partial charge in [0.25, 0.3) is 5.91 Å². The lowest BCUT2D eigenvalue weighted by Gasteiger charge is -2.32. The molecular formula is C22H24N2O3. The number of nitrogens with zero attached hydrogens (tertiary/aromatic N) is 1. The minimum Gasteiger partial charge on any atom is -0.508 e. The van der Waals surface area contributed by atoms with E-state index in [-0.39, 0.29) is 23.5 Å². The topological polar surface area (TPSA) is 69.6 Å². The Labute approximate surface area is 159 Å². The van der Waals surface area contributed by atoms with E-state index in [0.29, 0.717) is 11.5 Å². The lowest BCUT2D eigenvalue weighted by Crippen LogP contribution is -2.37. The molecule has 0 atom stereocenters. The largest absolute Gasteiger partial charge is 0.508 e. The van der Waals surface area contributed by atoms with Crippen molar-refractivity contribution < 1.29 is 14.7 Å². The number of phenols is 1. The maximum Gasteiger partial charge on any atom is 0.253 e. The van der Waals surface area contributed by atoms with Gasteiger partial charge in [-0.05, 0) is 73.6 Å². The molecule has 0 radical (unpaired) electrons. The predicted octanol–water partition coefficient (Wildman–Crippen LogP) is 3.76. The summed E-state index contributed by atoms with van der Waals surface area (Å²) in [5.41, 5.74) is 2.62. The summed E-state index contributed by atoms with van der Waals surface area (Å²) >= 11 is 0. The van der Waals surface area contributed by atoms with E-state index in [1.165, 1.54) is 5.56 Å². The van der Waals surface area contributed by atoms with Crippen molar-refractivity contribution >= 4 is 17.5 Å². The van der Waals surface area contributed by atoms with Crippen LogP contribution in [0.2, 0.25) is 0 Å². The average Bonchev–Trinajstić information content (AvgIpc) is 3.54. The third-order valence-corrected chi connectivity index (χ3v) is 5.49. The standard InChI is InChI=1S/C22H24N2O3/c25-20-9-5-15(6-10-20)16-11-13-24(14-12-16)22(27)18-3-7-19(8-4-18)23-21(26)17-1-2-17/h3-10,16-17,25H,1-2,11-14H2,(H,23,26). The first-order valence-corrected chi connectivity index (χ1v) is 9.59. The van der Waals surface area contributed by atoms with E-state index in [9.17, 15) is 14.7 Å². The van der Waals surface area contributed by atoms with Gasteiger partial charge in [-0.15, -0.1) is 0 Å². The van der Waals surface area contributed by atoms with Gasteiger partial charge in [0.2, 0.25) is 5.91 Å². The number of piperidine rings is 1. The lowest BCUT2D eigenvalue weighted by atomic mass is 9.89. The van der Waals surface area contributed by atoms with Gasteiger partial charge < -0.3 is 15.3 Å². The zero-order valence-electron chi connectivity index (χ0n) is 15.2. The van der Waals surface area contributed by atoms with Gasteiger partial charge in [0.05, 0.1) is 0 Å². The van der Waals surface area contributed by atoms with Gasteiger partial charge in [0.1, 0.15) is 5.75 Å². The summed E-state index contributed by atoms with van der Waals surface area (Å²) in [6.07, 6.45) is 3.79. The van der Waals surface area contributed by atoms with Gasteiger partial charge in [-0.3, -0.25) is 9.59 Å². The molecule has 2 fully saturated rings. The van der Waals surface area contributed by atoms with Crippen LogP contribution in [0.5, 0.6) is 5.75 Å². The number of nitrogens with one attached hydrogen (secondary N) is 1. The fourth-order valence-electron chi connectivity index (χ4n) is 3.63. The summed E-state index contributed by atoms with van der Waals surface area (Å²) in [6.45, 7) is 1.45. The fourth-order valence-corrected chi connectivity index (χ4v) is 3.63. The van der Waals surface area contributed by atoms with Crippen molar-refractivity contribution in [3.63, 3.8) is 0 Å². The first-order valence-electron chi connectivity index (χ1n) is 9.59. The molecule has 1 saturated carbocycles. The molecule has 1 saturated heterocycles. The molecule has 0 spiro atoms. The van der Waals surface area contributed by atoms with Crippen molar-refractivity contribution in [2.24, 2.45) is 5.92 Å². The molecular weight excluding hydrogens is 340 g/mol. The molecule has 0 bridgehead atoms. The number of likely N-dealkylation sites (tertiary alicyclic amines) is 1. The van der Waals surface area contributed by atoms with Crippen molar-refractivity contribution in [1.29, 1.82) is 0 Å². The predicted molar refractivity (Wildman–Crippen MR) is 104 cm³/mol. The van der Waals surface area contributed by atoms with Crippen LogP contribution < -0.4 is 5.32 Å². The quantitative estimate of drug-likeness (QED) is 0.868. The SMILES string of the molecule is O=C(Nc1ccc(C(=O)N2CCC(c3ccc(O)cc3)CC2)cc1)C1CC1. The minimum atomic E-state index is 0.0409. The molecule has 0 aromatic heterocycles. The summed E-state index contributed by atoms with van der Waals surface area (Å²) in [5.74, 6) is 0.989. The van der Waals surface area contributed by atoms with Crippen LogP contribution in [-0.2, 0) is 4.79 Å². The summed E-state index contributed by atoms with van der Waals surface area (Å²) in [7, 11) is 0. The highest BCUT2D eigenvalue weighted by molar-refractivity contribution is 5.96. The number of carbonyl (C=O) groups excluding carboxylic acids is 2. The summed E-state index contributed by atoms with van der Waals surface area (Å²) in [5, 5.41) is 12.3. The van der Waals surface area contributed by atoms with Crippen molar-refractivity contribution in [3.8, 4) is 5.75 Å². The number of anilines is 1.